The molecule has 6 N–H and O–H groups in total. The van der Waals surface area contributed by atoms with E-state index < -0.39 is 29.4 Å². The Balaban J connectivity index is 2.77. The van der Waals surface area contributed by atoms with Crippen molar-refractivity contribution in [1.29, 1.82) is 0 Å². The second-order valence-corrected chi connectivity index (χ2v) is 4.81. The van der Waals surface area contributed by atoms with E-state index in [1.807, 2.05) is 0 Å². The van der Waals surface area contributed by atoms with E-state index in [1.54, 1.807) is 0 Å². The van der Waals surface area contributed by atoms with Crippen molar-refractivity contribution in [3.8, 4) is 0 Å². The first-order chi connectivity index (χ1) is 8.84. The van der Waals surface area contributed by atoms with Gasteiger partial charge in [0, 0.05) is 17.2 Å². The molecular weight excluding hydrogens is 300 g/mol. The molecule has 19 heavy (non-hydrogen) atoms. The first-order valence-corrected chi connectivity index (χ1v) is 7.29. The van der Waals surface area contributed by atoms with Crippen molar-refractivity contribution in [3.63, 3.8) is 0 Å². The minimum atomic E-state index is -3.21. The summed E-state index contributed by atoms with van der Waals surface area (Å²) in [4.78, 5) is 30.0. The van der Waals surface area contributed by atoms with Gasteiger partial charge in [0.25, 0.3) is 0 Å². The summed E-state index contributed by atoms with van der Waals surface area (Å²) in [7, 11) is -6.19. The lowest BCUT2D eigenvalue weighted by atomic mass is 10.3. The monoisotopic (exact) mass is 314 g/mol. The molecule has 0 bridgehead atoms. The van der Waals surface area contributed by atoms with E-state index in [9.17, 15) is 9.67 Å². The van der Waals surface area contributed by atoms with Crippen LogP contribution in [0.15, 0.2) is 12.5 Å². The lowest BCUT2D eigenvalue weighted by Crippen LogP contribution is -2.36. The molecular formula is C7H14N3O7P2+. The molecule has 10 nitrogen and oxygen atoms in total. The van der Waals surface area contributed by atoms with E-state index in [-0.39, 0.29) is 0 Å². The van der Waals surface area contributed by atoms with Crippen LogP contribution >= 0.6 is 16.9 Å². The summed E-state index contributed by atoms with van der Waals surface area (Å²) >= 11 is 0. The molecule has 1 rings (SSSR count). The molecule has 0 aliphatic carbocycles. The summed E-state index contributed by atoms with van der Waals surface area (Å²) in [5, 5.41) is 9.78. The zero-order chi connectivity index (χ0) is 14.5. The maximum Gasteiger partial charge on any atom is 0.700 e. The molecule has 0 radical (unpaired) electrons. The first kappa shape index (κ1) is 16.5. The number of aliphatic hydroxyl groups is 1. The van der Waals surface area contributed by atoms with Gasteiger partial charge in [-0.05, 0) is 11.1 Å². The van der Waals surface area contributed by atoms with Gasteiger partial charge in [0.05, 0.1) is 12.0 Å². The molecule has 108 valence electrons. The molecule has 0 aromatic carbocycles. The highest BCUT2D eigenvalue weighted by Crippen LogP contribution is 2.37. The Morgan fingerprint density at radius 3 is 2.79 bits per heavy atom. The lowest BCUT2D eigenvalue weighted by Gasteiger charge is -2.21. The van der Waals surface area contributed by atoms with Crippen LogP contribution in [-0.4, -0.2) is 41.9 Å². The van der Waals surface area contributed by atoms with Crippen molar-refractivity contribution in [2.45, 2.75) is 18.9 Å². The fourth-order valence-corrected chi connectivity index (χ4v) is 2.07. The van der Waals surface area contributed by atoms with Crippen molar-refractivity contribution in [3.05, 3.63) is 18.2 Å². The van der Waals surface area contributed by atoms with Crippen LogP contribution in [0.1, 0.15) is 5.69 Å². The summed E-state index contributed by atoms with van der Waals surface area (Å²) in [6.07, 6.45) is 3.32. The number of imidazole rings is 1. The number of hydrogen-bond acceptors (Lipinski definition) is 8. The van der Waals surface area contributed by atoms with Gasteiger partial charge in [-0.15, -0.1) is 4.89 Å². The average molecular weight is 314 g/mol. The lowest BCUT2D eigenvalue weighted by molar-refractivity contribution is -0.283. The quantitative estimate of drug-likeness (QED) is 0.297. The molecule has 0 aliphatic rings. The van der Waals surface area contributed by atoms with Crippen molar-refractivity contribution in [2.24, 2.45) is 5.73 Å². The van der Waals surface area contributed by atoms with Gasteiger partial charge in [0.15, 0.2) is 0 Å². The van der Waals surface area contributed by atoms with Gasteiger partial charge in [0.2, 0.25) is 0 Å². The van der Waals surface area contributed by atoms with Crippen LogP contribution in [-0.2, 0) is 26.6 Å². The number of rotatable bonds is 8. The number of nitrogens with two attached hydrogens (primary N) is 1. The van der Waals surface area contributed by atoms with E-state index >= 15 is 0 Å². The Bertz CT molecular complexity index is 429. The third-order valence-electron chi connectivity index (χ3n) is 1.91. The standard InChI is InChI=1S/C7H13N3O7P2/c8-2-1-6-3-10(5-9-6)4-7(11,16-18(12)13)17-19(14)15/h3,5,11-13H,1-2,4,8H2/p+1. The van der Waals surface area contributed by atoms with Crippen LogP contribution in [0.3, 0.4) is 0 Å². The molecule has 1 aromatic heterocycles. The van der Waals surface area contributed by atoms with Crippen LogP contribution in [0.25, 0.3) is 0 Å². The number of nitrogens with zero attached hydrogens (tertiary/aromatic N) is 2. The molecule has 1 heterocycles. The Kier molecular flexibility index (Phi) is 6.34. The molecule has 0 aliphatic heterocycles. The summed E-state index contributed by atoms with van der Waals surface area (Å²) in [5.74, 6) is -2.65. The first-order valence-electron chi connectivity index (χ1n) is 5.00. The van der Waals surface area contributed by atoms with Crippen molar-refractivity contribution in [2.75, 3.05) is 6.54 Å². The molecule has 0 spiro atoms. The van der Waals surface area contributed by atoms with Gasteiger partial charge in [-0.3, -0.25) is 0 Å². The normalized spacial score (nSPS) is 15.6. The topological polar surface area (TPSA) is 160 Å². The highest BCUT2D eigenvalue weighted by molar-refractivity contribution is 7.39. The van der Waals surface area contributed by atoms with Gasteiger partial charge in [-0.2, -0.15) is 0 Å². The van der Waals surface area contributed by atoms with Crippen LogP contribution in [0, 0.1) is 0 Å². The van der Waals surface area contributed by atoms with E-state index in [1.165, 1.54) is 17.1 Å². The van der Waals surface area contributed by atoms with Crippen LogP contribution in [0.2, 0.25) is 0 Å². The van der Waals surface area contributed by atoms with Crippen LogP contribution < -0.4 is 5.73 Å². The highest BCUT2D eigenvalue weighted by atomic mass is 31.2. The maximum absolute atomic E-state index is 10.6. The third-order valence-corrected chi connectivity index (χ3v) is 2.80. The molecule has 0 saturated carbocycles. The number of hydrogen-bond donors (Lipinski definition) is 5. The fourth-order valence-electron chi connectivity index (χ4n) is 1.32. The van der Waals surface area contributed by atoms with E-state index in [2.05, 4.69) is 14.0 Å². The summed E-state index contributed by atoms with van der Waals surface area (Å²) in [6, 6.07) is 0. The Hall–Kier alpha value is -0.540. The molecule has 2 atom stereocenters. The van der Waals surface area contributed by atoms with Crippen LogP contribution in [0.5, 0.6) is 0 Å². The summed E-state index contributed by atoms with van der Waals surface area (Å²) in [6.45, 7) is -0.0957. The van der Waals surface area contributed by atoms with Gasteiger partial charge >= 0.3 is 22.8 Å². The molecule has 0 fully saturated rings. The molecule has 0 saturated heterocycles. The molecule has 0 amide bonds. The van der Waals surface area contributed by atoms with E-state index in [4.69, 9.17) is 20.4 Å². The minimum absolute atomic E-state index is 0.384. The zero-order valence-electron chi connectivity index (χ0n) is 9.66. The summed E-state index contributed by atoms with van der Waals surface area (Å²) in [5.41, 5.74) is 5.98. The van der Waals surface area contributed by atoms with Crippen molar-refractivity contribution < 1.29 is 33.4 Å². The molecule has 1 aromatic rings. The van der Waals surface area contributed by atoms with Crippen LogP contribution in [0.4, 0.5) is 0 Å². The molecule has 12 heteroatoms. The third kappa shape index (κ3) is 5.96. The van der Waals surface area contributed by atoms with E-state index in [0.717, 1.165) is 0 Å². The van der Waals surface area contributed by atoms with Gasteiger partial charge in [0.1, 0.15) is 6.54 Å². The molecule has 2 unspecified atom stereocenters. The van der Waals surface area contributed by atoms with Crippen molar-refractivity contribution in [1.82, 2.24) is 9.55 Å². The van der Waals surface area contributed by atoms with Crippen molar-refractivity contribution >= 4 is 16.9 Å². The predicted molar refractivity (Wildman–Crippen MR) is 63.3 cm³/mol. The zero-order valence-corrected chi connectivity index (χ0v) is 11.4. The van der Waals surface area contributed by atoms with Gasteiger partial charge < -0.3 is 25.2 Å². The SMILES string of the molecule is NCCc1cn(CC(O)(OP(O)O)O[P+](=O)O)cn1. The Morgan fingerprint density at radius 2 is 2.26 bits per heavy atom. The minimum Gasteiger partial charge on any atom is -0.339 e. The predicted octanol–water partition coefficient (Wildman–Crippen LogP) is -1.08. The van der Waals surface area contributed by atoms with E-state index in [0.29, 0.717) is 18.7 Å². The Morgan fingerprint density at radius 1 is 1.58 bits per heavy atom. The van der Waals surface area contributed by atoms with Gasteiger partial charge in [-0.25, -0.2) is 9.51 Å². The second-order valence-electron chi connectivity index (χ2n) is 3.46. The average Bonchev–Trinajstić information content (AvgIpc) is 2.62. The Labute approximate surface area is 110 Å². The maximum atomic E-state index is 10.6. The smallest absolute Gasteiger partial charge is 0.339 e. The van der Waals surface area contributed by atoms with Gasteiger partial charge in [-0.1, -0.05) is 0 Å². The second kappa shape index (κ2) is 7.30. The fraction of sp³-hybridized carbons (Fsp3) is 0.571. The summed E-state index contributed by atoms with van der Waals surface area (Å²) < 4.78 is 20.4. The number of aromatic nitrogens is 2. The highest BCUT2D eigenvalue weighted by Gasteiger charge is 2.43. The largest absolute Gasteiger partial charge is 0.700 e.